The number of rotatable bonds is 11. The summed E-state index contributed by atoms with van der Waals surface area (Å²) in [4.78, 5) is 27.2. The molecule has 0 radical (unpaired) electrons. The van der Waals surface area contributed by atoms with Gasteiger partial charge in [0.1, 0.15) is 6.04 Å². The standard InChI is InChI=1S/C23H28Cl3N3O4S/c1-4-21(23(31)27-2)28(15-16-7-8-18(25)14-20(16)26)22(30)6-5-13-29(34(3,32)33)19-11-9-17(24)10-12-19/h7-12,14,21H,4-6,13,15H2,1-3H3,(H,27,31)/t21-/m0/s1. The first-order chi connectivity index (χ1) is 16.0. The van der Waals surface area contributed by atoms with Crippen molar-refractivity contribution in [3.8, 4) is 0 Å². The van der Waals surface area contributed by atoms with Crippen LogP contribution in [0, 0.1) is 0 Å². The summed E-state index contributed by atoms with van der Waals surface area (Å²) >= 11 is 18.2. The summed E-state index contributed by atoms with van der Waals surface area (Å²) in [5.41, 5.74) is 1.11. The van der Waals surface area contributed by atoms with E-state index in [2.05, 4.69) is 5.32 Å². The highest BCUT2D eigenvalue weighted by atomic mass is 35.5. The molecule has 0 bridgehead atoms. The minimum Gasteiger partial charge on any atom is -0.357 e. The predicted molar refractivity (Wildman–Crippen MR) is 138 cm³/mol. The van der Waals surface area contributed by atoms with Crippen LogP contribution in [-0.2, 0) is 26.2 Å². The Morgan fingerprint density at radius 2 is 1.65 bits per heavy atom. The molecule has 2 rings (SSSR count). The molecule has 0 aliphatic heterocycles. The molecule has 2 amide bonds. The van der Waals surface area contributed by atoms with Gasteiger partial charge in [-0.05, 0) is 54.8 Å². The maximum absolute atomic E-state index is 13.3. The van der Waals surface area contributed by atoms with Crippen molar-refractivity contribution in [1.82, 2.24) is 10.2 Å². The van der Waals surface area contributed by atoms with E-state index < -0.39 is 16.1 Å². The zero-order chi connectivity index (χ0) is 25.5. The van der Waals surface area contributed by atoms with E-state index in [0.717, 1.165) is 6.26 Å². The number of amides is 2. The molecule has 0 aliphatic rings. The fourth-order valence-electron chi connectivity index (χ4n) is 3.53. The van der Waals surface area contributed by atoms with E-state index in [1.807, 2.05) is 6.92 Å². The van der Waals surface area contributed by atoms with Gasteiger partial charge in [-0.1, -0.05) is 47.8 Å². The van der Waals surface area contributed by atoms with Crippen LogP contribution in [0.5, 0.6) is 0 Å². The average Bonchev–Trinajstić information content (AvgIpc) is 2.77. The fourth-order valence-corrected chi connectivity index (χ4v) is 5.09. The molecule has 0 heterocycles. The van der Waals surface area contributed by atoms with Crippen molar-refractivity contribution in [2.45, 2.75) is 38.8 Å². The Morgan fingerprint density at radius 3 is 2.18 bits per heavy atom. The summed E-state index contributed by atoms with van der Waals surface area (Å²) in [5, 5.41) is 3.94. The highest BCUT2D eigenvalue weighted by Crippen LogP contribution is 2.25. The first-order valence-corrected chi connectivity index (χ1v) is 13.6. The molecule has 0 saturated carbocycles. The van der Waals surface area contributed by atoms with Crippen LogP contribution in [0.4, 0.5) is 5.69 Å². The van der Waals surface area contributed by atoms with E-state index in [-0.39, 0.29) is 37.7 Å². The summed E-state index contributed by atoms with van der Waals surface area (Å²) < 4.78 is 25.9. The normalized spacial score (nSPS) is 12.2. The maximum atomic E-state index is 13.3. The molecule has 11 heteroatoms. The van der Waals surface area contributed by atoms with Crippen LogP contribution >= 0.6 is 34.8 Å². The van der Waals surface area contributed by atoms with E-state index in [1.54, 1.807) is 42.5 Å². The zero-order valence-electron chi connectivity index (χ0n) is 19.2. The van der Waals surface area contributed by atoms with E-state index in [0.29, 0.717) is 32.7 Å². The summed E-state index contributed by atoms with van der Waals surface area (Å²) in [6, 6.07) is 10.7. The van der Waals surface area contributed by atoms with Gasteiger partial charge in [-0.25, -0.2) is 8.42 Å². The summed E-state index contributed by atoms with van der Waals surface area (Å²) in [6.45, 7) is 2.03. The SMILES string of the molecule is CC[C@@H](C(=O)NC)N(Cc1ccc(Cl)cc1Cl)C(=O)CCCN(c1ccc(Cl)cc1)S(C)(=O)=O. The van der Waals surface area contributed by atoms with Gasteiger partial charge in [0, 0.05) is 41.6 Å². The molecule has 0 fully saturated rings. The van der Waals surface area contributed by atoms with E-state index >= 15 is 0 Å². The van der Waals surface area contributed by atoms with Crippen molar-refractivity contribution in [3.63, 3.8) is 0 Å². The topological polar surface area (TPSA) is 86.8 Å². The Balaban J connectivity index is 2.21. The lowest BCUT2D eigenvalue weighted by atomic mass is 10.1. The monoisotopic (exact) mass is 547 g/mol. The van der Waals surface area contributed by atoms with Crippen LogP contribution in [-0.4, -0.2) is 51.0 Å². The molecule has 2 aromatic rings. The second kappa shape index (κ2) is 12.6. The van der Waals surface area contributed by atoms with Gasteiger partial charge in [0.15, 0.2) is 0 Å². The smallest absolute Gasteiger partial charge is 0.242 e. The summed E-state index contributed by atoms with van der Waals surface area (Å²) in [6.07, 6.45) is 1.80. The Bertz CT molecular complexity index is 1110. The van der Waals surface area contributed by atoms with Crippen molar-refractivity contribution in [3.05, 3.63) is 63.1 Å². The second-order valence-electron chi connectivity index (χ2n) is 7.71. The minimum absolute atomic E-state index is 0.0400. The highest BCUT2D eigenvalue weighted by molar-refractivity contribution is 7.92. The third-order valence-corrected chi connectivity index (χ3v) is 7.29. The molecule has 0 saturated heterocycles. The number of likely N-dealkylation sites (N-methyl/N-ethyl adjacent to an activating group) is 1. The molecule has 1 atom stereocenters. The molecule has 2 aromatic carbocycles. The third kappa shape index (κ3) is 7.77. The van der Waals surface area contributed by atoms with Gasteiger partial charge in [0.25, 0.3) is 0 Å². The number of carbonyl (C=O) groups is 2. The average molecular weight is 549 g/mol. The van der Waals surface area contributed by atoms with Gasteiger partial charge >= 0.3 is 0 Å². The van der Waals surface area contributed by atoms with Gasteiger partial charge < -0.3 is 10.2 Å². The largest absolute Gasteiger partial charge is 0.357 e. The lowest BCUT2D eigenvalue weighted by molar-refractivity contribution is -0.141. The van der Waals surface area contributed by atoms with Crippen molar-refractivity contribution in [2.75, 3.05) is 24.2 Å². The second-order valence-corrected chi connectivity index (χ2v) is 10.9. The molecule has 0 aromatic heterocycles. The Morgan fingerprint density at radius 1 is 1.03 bits per heavy atom. The molecular weight excluding hydrogens is 521 g/mol. The number of sulfonamides is 1. The number of anilines is 1. The first-order valence-electron chi connectivity index (χ1n) is 10.7. The summed E-state index contributed by atoms with van der Waals surface area (Å²) in [5.74, 6) is -0.578. The van der Waals surface area contributed by atoms with Crippen LogP contribution < -0.4 is 9.62 Å². The van der Waals surface area contributed by atoms with Crippen molar-refractivity contribution < 1.29 is 18.0 Å². The molecule has 0 aliphatic carbocycles. The van der Waals surface area contributed by atoms with Gasteiger partial charge in [-0.3, -0.25) is 13.9 Å². The van der Waals surface area contributed by atoms with E-state index in [4.69, 9.17) is 34.8 Å². The van der Waals surface area contributed by atoms with Crippen LogP contribution in [0.2, 0.25) is 15.1 Å². The van der Waals surface area contributed by atoms with Gasteiger partial charge in [0.2, 0.25) is 21.8 Å². The number of benzene rings is 2. The zero-order valence-corrected chi connectivity index (χ0v) is 22.3. The van der Waals surface area contributed by atoms with Crippen LogP contribution in [0.15, 0.2) is 42.5 Å². The molecule has 34 heavy (non-hydrogen) atoms. The van der Waals surface area contributed by atoms with Crippen LogP contribution in [0.3, 0.4) is 0 Å². The van der Waals surface area contributed by atoms with E-state index in [9.17, 15) is 18.0 Å². The molecule has 186 valence electrons. The number of nitrogens with one attached hydrogen (secondary N) is 1. The lowest BCUT2D eigenvalue weighted by Gasteiger charge is -2.31. The Hall–Kier alpha value is -2.00. The Labute approximate surface area is 216 Å². The fraction of sp³-hybridized carbons (Fsp3) is 0.391. The maximum Gasteiger partial charge on any atom is 0.242 e. The predicted octanol–water partition coefficient (Wildman–Crippen LogP) is 4.75. The first kappa shape index (κ1) is 28.2. The molecule has 0 unspecified atom stereocenters. The molecule has 1 N–H and O–H groups in total. The van der Waals surface area contributed by atoms with Gasteiger partial charge in [-0.15, -0.1) is 0 Å². The van der Waals surface area contributed by atoms with Crippen molar-refractivity contribution >= 4 is 62.3 Å². The van der Waals surface area contributed by atoms with Gasteiger partial charge in [0.05, 0.1) is 11.9 Å². The number of hydrogen-bond acceptors (Lipinski definition) is 4. The number of carbonyl (C=O) groups excluding carboxylic acids is 2. The lowest BCUT2D eigenvalue weighted by Crippen LogP contribution is -2.48. The Kier molecular flexibility index (Phi) is 10.5. The van der Waals surface area contributed by atoms with E-state index in [1.165, 1.54) is 16.3 Å². The molecule has 0 spiro atoms. The quantitative estimate of drug-likeness (QED) is 0.439. The molecule has 7 nitrogen and oxygen atoms in total. The van der Waals surface area contributed by atoms with Crippen LogP contribution in [0.1, 0.15) is 31.7 Å². The summed E-state index contributed by atoms with van der Waals surface area (Å²) in [7, 11) is -2.06. The number of nitrogens with zero attached hydrogens (tertiary/aromatic N) is 2. The molecular formula is C23H28Cl3N3O4S. The van der Waals surface area contributed by atoms with Gasteiger partial charge in [-0.2, -0.15) is 0 Å². The minimum atomic E-state index is -3.57. The highest BCUT2D eigenvalue weighted by Gasteiger charge is 2.28. The third-order valence-electron chi connectivity index (χ3n) is 5.25. The van der Waals surface area contributed by atoms with Crippen molar-refractivity contribution in [1.29, 1.82) is 0 Å². The van der Waals surface area contributed by atoms with Crippen molar-refractivity contribution in [2.24, 2.45) is 0 Å². The number of halogens is 3. The van der Waals surface area contributed by atoms with Crippen LogP contribution in [0.25, 0.3) is 0 Å². The number of hydrogen-bond donors (Lipinski definition) is 1.